The Hall–Kier alpha value is -1.89. The summed E-state index contributed by atoms with van der Waals surface area (Å²) in [6.45, 7) is 3.52. The number of hydrogen-bond donors (Lipinski definition) is 2. The van der Waals surface area contributed by atoms with E-state index in [-0.39, 0.29) is 11.4 Å². The summed E-state index contributed by atoms with van der Waals surface area (Å²) in [6, 6.07) is 12.2. The van der Waals surface area contributed by atoms with Crippen LogP contribution in [0.15, 0.2) is 47.4 Å². The fourth-order valence-corrected chi connectivity index (χ4v) is 3.54. The number of carbonyl (C=O) groups excluding carboxylic acids is 1. The van der Waals surface area contributed by atoms with Gasteiger partial charge in [0.1, 0.15) is 0 Å². The van der Waals surface area contributed by atoms with Crippen LogP contribution in [0, 0.1) is 13.8 Å². The summed E-state index contributed by atoms with van der Waals surface area (Å²) in [7, 11) is -3.73. The molecule has 0 saturated heterocycles. The fraction of sp³-hybridized carbons (Fsp3) is 0.235. The van der Waals surface area contributed by atoms with E-state index in [1.807, 2.05) is 13.0 Å². The lowest BCUT2D eigenvalue weighted by Gasteiger charge is -2.10. The van der Waals surface area contributed by atoms with Crippen molar-refractivity contribution in [3.63, 3.8) is 0 Å². The van der Waals surface area contributed by atoms with Gasteiger partial charge >= 0.3 is 0 Å². The van der Waals surface area contributed by atoms with Gasteiger partial charge in [-0.3, -0.25) is 4.79 Å². The van der Waals surface area contributed by atoms with Crippen LogP contribution in [0.5, 0.6) is 0 Å². The number of sulfonamides is 1. The zero-order valence-electron chi connectivity index (χ0n) is 13.5. The molecule has 1 amide bonds. The van der Waals surface area contributed by atoms with Crippen molar-refractivity contribution in [1.82, 2.24) is 10.0 Å². The predicted molar refractivity (Wildman–Crippen MR) is 94.4 cm³/mol. The second-order valence-corrected chi connectivity index (χ2v) is 7.67. The highest BCUT2D eigenvalue weighted by Crippen LogP contribution is 2.16. The first kappa shape index (κ1) is 18.4. The van der Waals surface area contributed by atoms with Crippen LogP contribution in [-0.2, 0) is 21.4 Å². The van der Waals surface area contributed by atoms with E-state index < -0.39 is 15.9 Å². The molecule has 0 atom stereocenters. The van der Waals surface area contributed by atoms with Gasteiger partial charge in [0.15, 0.2) is 0 Å². The van der Waals surface area contributed by atoms with Gasteiger partial charge in [-0.2, -0.15) is 0 Å². The second-order valence-electron chi connectivity index (χ2n) is 5.50. The van der Waals surface area contributed by atoms with Crippen molar-refractivity contribution in [2.75, 3.05) is 6.54 Å². The van der Waals surface area contributed by atoms with E-state index in [9.17, 15) is 13.2 Å². The SMILES string of the molecule is Cc1ccc(C)c(S(=O)(=O)NCC(=O)NCc2ccc(Cl)cc2)c1. The molecule has 0 bridgehead atoms. The van der Waals surface area contributed by atoms with Crippen LogP contribution in [0.3, 0.4) is 0 Å². The van der Waals surface area contributed by atoms with E-state index in [1.165, 1.54) is 0 Å². The lowest BCUT2D eigenvalue weighted by molar-refractivity contribution is -0.120. The van der Waals surface area contributed by atoms with E-state index in [1.54, 1.807) is 43.3 Å². The van der Waals surface area contributed by atoms with Crippen molar-refractivity contribution < 1.29 is 13.2 Å². The summed E-state index contributed by atoms with van der Waals surface area (Å²) in [5, 5.41) is 3.28. The molecule has 0 aliphatic rings. The normalized spacial score (nSPS) is 11.3. The zero-order chi connectivity index (χ0) is 17.7. The molecule has 0 saturated carbocycles. The summed E-state index contributed by atoms with van der Waals surface area (Å²) in [5.41, 5.74) is 2.35. The van der Waals surface area contributed by atoms with E-state index in [0.717, 1.165) is 11.1 Å². The Bertz CT molecular complexity index is 833. The zero-order valence-corrected chi connectivity index (χ0v) is 15.0. The second kappa shape index (κ2) is 7.79. The van der Waals surface area contributed by atoms with Crippen LogP contribution in [0.4, 0.5) is 0 Å². The predicted octanol–water partition coefficient (Wildman–Crippen LogP) is 2.55. The van der Waals surface area contributed by atoms with Gasteiger partial charge in [0.25, 0.3) is 0 Å². The molecule has 2 N–H and O–H groups in total. The molecule has 0 aliphatic carbocycles. The third kappa shape index (κ3) is 5.06. The summed E-state index contributed by atoms with van der Waals surface area (Å²) in [6.07, 6.45) is 0. The molecule has 0 aromatic heterocycles. The van der Waals surface area contributed by atoms with Crippen molar-refractivity contribution in [3.05, 3.63) is 64.2 Å². The molecule has 2 rings (SSSR count). The molecular weight excluding hydrogens is 348 g/mol. The van der Waals surface area contributed by atoms with Crippen LogP contribution in [0.1, 0.15) is 16.7 Å². The first-order chi connectivity index (χ1) is 11.3. The number of hydrogen-bond acceptors (Lipinski definition) is 3. The van der Waals surface area contributed by atoms with Crippen LogP contribution in [0.2, 0.25) is 5.02 Å². The highest BCUT2D eigenvalue weighted by atomic mass is 35.5. The lowest BCUT2D eigenvalue weighted by atomic mass is 10.2. The Kier molecular flexibility index (Phi) is 5.99. The fourth-order valence-electron chi connectivity index (χ4n) is 2.10. The molecule has 24 heavy (non-hydrogen) atoms. The van der Waals surface area contributed by atoms with Crippen molar-refractivity contribution >= 4 is 27.5 Å². The molecule has 5 nitrogen and oxygen atoms in total. The monoisotopic (exact) mass is 366 g/mol. The van der Waals surface area contributed by atoms with Gasteiger partial charge in [-0.05, 0) is 48.7 Å². The third-order valence-electron chi connectivity index (χ3n) is 3.46. The minimum Gasteiger partial charge on any atom is -0.351 e. The molecular formula is C17H19ClN2O3S. The Morgan fingerprint density at radius 2 is 1.75 bits per heavy atom. The molecule has 0 fully saturated rings. The number of benzene rings is 2. The molecule has 0 aliphatic heterocycles. The Morgan fingerprint density at radius 1 is 1.08 bits per heavy atom. The summed E-state index contributed by atoms with van der Waals surface area (Å²) >= 11 is 5.79. The molecule has 7 heteroatoms. The molecule has 0 radical (unpaired) electrons. The minimum atomic E-state index is -3.73. The number of carbonyl (C=O) groups is 1. The largest absolute Gasteiger partial charge is 0.351 e. The van der Waals surface area contributed by atoms with Gasteiger partial charge in [0.05, 0.1) is 11.4 Å². The molecule has 2 aromatic carbocycles. The quantitative estimate of drug-likeness (QED) is 0.825. The van der Waals surface area contributed by atoms with E-state index in [2.05, 4.69) is 10.0 Å². The number of nitrogens with one attached hydrogen (secondary N) is 2. The molecule has 0 unspecified atom stereocenters. The van der Waals surface area contributed by atoms with Gasteiger partial charge in [-0.15, -0.1) is 0 Å². The number of aryl methyl sites for hydroxylation is 2. The summed E-state index contributed by atoms with van der Waals surface area (Å²) in [4.78, 5) is 12.0. The van der Waals surface area contributed by atoms with Gasteiger partial charge in [-0.25, -0.2) is 13.1 Å². The van der Waals surface area contributed by atoms with Crippen molar-refractivity contribution in [1.29, 1.82) is 0 Å². The maximum Gasteiger partial charge on any atom is 0.241 e. The minimum absolute atomic E-state index is 0.188. The standard InChI is InChI=1S/C17H19ClN2O3S/c1-12-3-4-13(2)16(9-12)24(22,23)20-11-17(21)19-10-14-5-7-15(18)8-6-14/h3-9,20H,10-11H2,1-2H3,(H,19,21). The highest BCUT2D eigenvalue weighted by Gasteiger charge is 2.17. The van der Waals surface area contributed by atoms with Gasteiger partial charge < -0.3 is 5.32 Å². The molecule has 2 aromatic rings. The van der Waals surface area contributed by atoms with E-state index in [4.69, 9.17) is 11.6 Å². The highest BCUT2D eigenvalue weighted by molar-refractivity contribution is 7.89. The summed E-state index contributed by atoms with van der Waals surface area (Å²) < 4.78 is 27.0. The topological polar surface area (TPSA) is 75.3 Å². The number of rotatable bonds is 6. The molecule has 0 heterocycles. The van der Waals surface area contributed by atoms with Gasteiger partial charge in [-0.1, -0.05) is 35.9 Å². The summed E-state index contributed by atoms with van der Waals surface area (Å²) in [5.74, 6) is -0.404. The molecule has 128 valence electrons. The van der Waals surface area contributed by atoms with Crippen molar-refractivity contribution in [2.45, 2.75) is 25.3 Å². The van der Waals surface area contributed by atoms with Crippen LogP contribution >= 0.6 is 11.6 Å². The van der Waals surface area contributed by atoms with Gasteiger partial charge in [0.2, 0.25) is 15.9 Å². The van der Waals surface area contributed by atoms with Crippen molar-refractivity contribution in [2.24, 2.45) is 0 Å². The lowest BCUT2D eigenvalue weighted by Crippen LogP contribution is -2.36. The average Bonchev–Trinajstić information content (AvgIpc) is 2.54. The third-order valence-corrected chi connectivity index (χ3v) is 5.25. The van der Waals surface area contributed by atoms with Crippen molar-refractivity contribution in [3.8, 4) is 0 Å². The Morgan fingerprint density at radius 3 is 2.42 bits per heavy atom. The maximum atomic E-state index is 12.3. The number of halogens is 1. The van der Waals surface area contributed by atoms with Crippen LogP contribution in [-0.4, -0.2) is 20.9 Å². The first-order valence-corrected chi connectivity index (χ1v) is 9.22. The Labute approximate surface area is 147 Å². The Balaban J connectivity index is 1.93. The van der Waals surface area contributed by atoms with Gasteiger partial charge in [0, 0.05) is 11.6 Å². The molecule has 0 spiro atoms. The average molecular weight is 367 g/mol. The van der Waals surface area contributed by atoms with Crippen LogP contribution < -0.4 is 10.0 Å². The number of amides is 1. The maximum absolute atomic E-state index is 12.3. The first-order valence-electron chi connectivity index (χ1n) is 7.36. The van der Waals surface area contributed by atoms with Crippen LogP contribution in [0.25, 0.3) is 0 Å². The van der Waals surface area contributed by atoms with E-state index >= 15 is 0 Å². The smallest absolute Gasteiger partial charge is 0.241 e. The van der Waals surface area contributed by atoms with E-state index in [0.29, 0.717) is 17.1 Å².